The van der Waals surface area contributed by atoms with Crippen LogP contribution in [-0.4, -0.2) is 32.3 Å². The van der Waals surface area contributed by atoms with E-state index in [4.69, 9.17) is 9.47 Å². The smallest absolute Gasteiger partial charge is 0.246 e. The van der Waals surface area contributed by atoms with Crippen molar-refractivity contribution in [2.45, 2.75) is 25.9 Å². The van der Waals surface area contributed by atoms with Gasteiger partial charge in [0, 0.05) is 13.2 Å². The molecule has 0 heterocycles. The summed E-state index contributed by atoms with van der Waals surface area (Å²) in [6.45, 7) is 4.96. The third-order valence-electron chi connectivity index (χ3n) is 3.71. The Morgan fingerprint density at radius 2 is 1.76 bits per heavy atom. The number of carbonyl (C=O) groups excluding carboxylic acids is 1. The van der Waals surface area contributed by atoms with E-state index in [0.29, 0.717) is 24.7 Å². The molecule has 0 saturated heterocycles. The van der Waals surface area contributed by atoms with Crippen LogP contribution >= 0.6 is 0 Å². The van der Waals surface area contributed by atoms with E-state index in [2.05, 4.69) is 10.6 Å². The highest BCUT2D eigenvalue weighted by atomic mass is 16.5. The number of rotatable bonds is 9. The maximum absolute atomic E-state index is 12.9. The van der Waals surface area contributed by atoms with E-state index in [0.717, 1.165) is 5.56 Å². The Morgan fingerprint density at radius 3 is 2.44 bits per heavy atom. The molecule has 2 atom stereocenters. The lowest BCUT2D eigenvalue weighted by atomic mass is 10.0. The van der Waals surface area contributed by atoms with Crippen molar-refractivity contribution in [2.75, 3.05) is 25.6 Å². The number of carbonyl (C=O) groups is 1. The SMILES string of the molecule is CCOc1ccccc1NC(=O)[C@H](N[C@@H](C)COC)c1ccccc1. The number of hydrogen-bond acceptors (Lipinski definition) is 4. The highest BCUT2D eigenvalue weighted by Gasteiger charge is 2.23. The molecule has 1 amide bonds. The van der Waals surface area contributed by atoms with Crippen LogP contribution in [0.1, 0.15) is 25.5 Å². The van der Waals surface area contributed by atoms with Crippen molar-refractivity contribution in [3.05, 3.63) is 60.2 Å². The zero-order valence-corrected chi connectivity index (χ0v) is 15.0. The van der Waals surface area contributed by atoms with Crippen molar-refractivity contribution < 1.29 is 14.3 Å². The van der Waals surface area contributed by atoms with Crippen LogP contribution in [-0.2, 0) is 9.53 Å². The molecule has 5 nitrogen and oxygen atoms in total. The van der Waals surface area contributed by atoms with Crippen LogP contribution in [0.15, 0.2) is 54.6 Å². The van der Waals surface area contributed by atoms with Crippen LogP contribution in [0.3, 0.4) is 0 Å². The van der Waals surface area contributed by atoms with Crippen LogP contribution in [0.4, 0.5) is 5.69 Å². The molecule has 0 spiro atoms. The molecule has 0 unspecified atom stereocenters. The molecule has 0 radical (unpaired) electrons. The summed E-state index contributed by atoms with van der Waals surface area (Å²) in [6.07, 6.45) is 0. The van der Waals surface area contributed by atoms with Gasteiger partial charge in [0.05, 0.1) is 18.9 Å². The summed E-state index contributed by atoms with van der Waals surface area (Å²) < 4.78 is 10.8. The van der Waals surface area contributed by atoms with Gasteiger partial charge in [-0.1, -0.05) is 42.5 Å². The molecule has 2 aromatic carbocycles. The minimum Gasteiger partial charge on any atom is -0.492 e. The summed E-state index contributed by atoms with van der Waals surface area (Å²) in [6, 6.07) is 16.6. The molecule has 0 aliphatic rings. The zero-order valence-electron chi connectivity index (χ0n) is 15.0. The number of benzene rings is 2. The van der Waals surface area contributed by atoms with Crippen LogP contribution in [0.25, 0.3) is 0 Å². The van der Waals surface area contributed by atoms with Gasteiger partial charge >= 0.3 is 0 Å². The van der Waals surface area contributed by atoms with Gasteiger partial charge in [0.2, 0.25) is 5.91 Å². The molecule has 0 aliphatic heterocycles. The van der Waals surface area contributed by atoms with E-state index in [1.165, 1.54) is 0 Å². The van der Waals surface area contributed by atoms with Crippen molar-refractivity contribution >= 4 is 11.6 Å². The van der Waals surface area contributed by atoms with E-state index in [1.54, 1.807) is 7.11 Å². The molecule has 5 heteroatoms. The Kier molecular flexibility index (Phi) is 7.44. The van der Waals surface area contributed by atoms with Gasteiger partial charge < -0.3 is 14.8 Å². The first-order valence-corrected chi connectivity index (χ1v) is 8.48. The molecular formula is C20H26N2O3. The third kappa shape index (κ3) is 5.59. The normalized spacial score (nSPS) is 13.1. The highest BCUT2D eigenvalue weighted by Crippen LogP contribution is 2.25. The second kappa shape index (κ2) is 9.81. The molecule has 2 rings (SSSR count). The van der Waals surface area contributed by atoms with Gasteiger partial charge in [-0.15, -0.1) is 0 Å². The van der Waals surface area contributed by atoms with Crippen molar-refractivity contribution in [1.29, 1.82) is 0 Å². The molecular weight excluding hydrogens is 316 g/mol. The van der Waals surface area contributed by atoms with Crippen LogP contribution in [0.5, 0.6) is 5.75 Å². The number of amides is 1. The second-order valence-corrected chi connectivity index (χ2v) is 5.79. The summed E-state index contributed by atoms with van der Waals surface area (Å²) in [5.41, 5.74) is 1.56. The van der Waals surface area contributed by atoms with E-state index in [1.807, 2.05) is 68.4 Å². The first-order chi connectivity index (χ1) is 12.2. The van der Waals surface area contributed by atoms with Crippen molar-refractivity contribution in [1.82, 2.24) is 5.32 Å². The summed E-state index contributed by atoms with van der Waals surface area (Å²) in [5.74, 6) is 0.524. The number of methoxy groups -OCH3 is 1. The van der Waals surface area contributed by atoms with Gasteiger partial charge in [0.25, 0.3) is 0 Å². The maximum Gasteiger partial charge on any atom is 0.246 e. The third-order valence-corrected chi connectivity index (χ3v) is 3.71. The Bertz CT molecular complexity index is 661. The first kappa shape index (κ1) is 19.0. The van der Waals surface area contributed by atoms with Gasteiger partial charge in [-0.25, -0.2) is 0 Å². The molecule has 0 bridgehead atoms. The second-order valence-electron chi connectivity index (χ2n) is 5.79. The molecule has 0 saturated carbocycles. The molecule has 0 aliphatic carbocycles. The van der Waals surface area contributed by atoms with E-state index < -0.39 is 6.04 Å². The Morgan fingerprint density at radius 1 is 1.08 bits per heavy atom. The van der Waals surface area contributed by atoms with E-state index >= 15 is 0 Å². The summed E-state index contributed by atoms with van der Waals surface area (Å²) >= 11 is 0. The van der Waals surface area contributed by atoms with Gasteiger partial charge in [-0.2, -0.15) is 0 Å². The molecule has 0 aromatic heterocycles. The van der Waals surface area contributed by atoms with Crippen molar-refractivity contribution in [3.8, 4) is 5.75 Å². The summed E-state index contributed by atoms with van der Waals surface area (Å²) in [5, 5.41) is 6.30. The molecule has 134 valence electrons. The average Bonchev–Trinajstić information content (AvgIpc) is 2.62. The predicted molar refractivity (Wildman–Crippen MR) is 99.9 cm³/mol. The van der Waals surface area contributed by atoms with Crippen LogP contribution < -0.4 is 15.4 Å². The van der Waals surface area contributed by atoms with Gasteiger partial charge in [-0.3, -0.25) is 10.1 Å². The zero-order chi connectivity index (χ0) is 18.1. The van der Waals surface area contributed by atoms with Crippen molar-refractivity contribution in [2.24, 2.45) is 0 Å². The number of hydrogen-bond donors (Lipinski definition) is 2. The number of anilines is 1. The highest BCUT2D eigenvalue weighted by molar-refractivity contribution is 5.96. The van der Waals surface area contributed by atoms with Crippen LogP contribution in [0.2, 0.25) is 0 Å². The minimum absolute atomic E-state index is 0.0306. The Balaban J connectivity index is 2.20. The van der Waals surface area contributed by atoms with Crippen LogP contribution in [0, 0.1) is 0 Å². The molecule has 25 heavy (non-hydrogen) atoms. The van der Waals surface area contributed by atoms with Gasteiger partial charge in [-0.05, 0) is 31.5 Å². The summed E-state index contributed by atoms with van der Waals surface area (Å²) in [4.78, 5) is 12.9. The first-order valence-electron chi connectivity index (χ1n) is 8.48. The lowest BCUT2D eigenvalue weighted by Gasteiger charge is -2.23. The van der Waals surface area contributed by atoms with E-state index in [9.17, 15) is 4.79 Å². The van der Waals surface area contributed by atoms with Crippen molar-refractivity contribution in [3.63, 3.8) is 0 Å². The quantitative estimate of drug-likeness (QED) is 0.733. The Labute approximate surface area is 149 Å². The predicted octanol–water partition coefficient (Wildman–Crippen LogP) is 3.39. The monoisotopic (exact) mass is 342 g/mol. The van der Waals surface area contributed by atoms with Gasteiger partial charge in [0.15, 0.2) is 0 Å². The fourth-order valence-corrected chi connectivity index (χ4v) is 2.61. The lowest BCUT2D eigenvalue weighted by molar-refractivity contribution is -0.118. The molecule has 2 aromatic rings. The standard InChI is InChI=1S/C20H26N2O3/c1-4-25-18-13-9-8-12-17(18)22-20(23)19(21-15(2)14-24-3)16-10-6-5-7-11-16/h5-13,15,19,21H,4,14H2,1-3H3,(H,22,23)/t15-,19+/m0/s1. The number of para-hydroxylation sites is 2. The topological polar surface area (TPSA) is 59.6 Å². The lowest BCUT2D eigenvalue weighted by Crippen LogP contribution is -2.40. The average molecular weight is 342 g/mol. The minimum atomic E-state index is -0.485. The molecule has 2 N–H and O–H groups in total. The summed E-state index contributed by atoms with van der Waals surface area (Å²) in [7, 11) is 1.65. The van der Waals surface area contributed by atoms with E-state index in [-0.39, 0.29) is 11.9 Å². The number of nitrogens with one attached hydrogen (secondary N) is 2. The largest absolute Gasteiger partial charge is 0.492 e. The fourth-order valence-electron chi connectivity index (χ4n) is 2.61. The Hall–Kier alpha value is -2.37. The van der Waals surface area contributed by atoms with Gasteiger partial charge in [0.1, 0.15) is 11.8 Å². The number of ether oxygens (including phenoxy) is 2. The fraction of sp³-hybridized carbons (Fsp3) is 0.350. The molecule has 0 fully saturated rings. The maximum atomic E-state index is 12.9.